The van der Waals surface area contributed by atoms with Gasteiger partial charge in [-0.2, -0.15) is 0 Å². The van der Waals surface area contributed by atoms with Gasteiger partial charge in [-0.3, -0.25) is 4.90 Å². The highest BCUT2D eigenvalue weighted by atomic mass is 32.1. The van der Waals surface area contributed by atoms with E-state index in [-0.39, 0.29) is 12.1 Å². The van der Waals surface area contributed by atoms with Crippen LogP contribution in [0.1, 0.15) is 24.5 Å². The number of aliphatic hydroxyl groups is 1. The predicted octanol–water partition coefficient (Wildman–Crippen LogP) is 1.65. The molecule has 80 valence electrons. The highest BCUT2D eigenvalue weighted by molar-refractivity contribution is 7.09. The van der Waals surface area contributed by atoms with E-state index in [9.17, 15) is 5.11 Å². The molecule has 3 nitrogen and oxygen atoms in total. The third-order valence-corrected chi connectivity index (χ3v) is 3.41. The largest absolute Gasteiger partial charge is 0.394 e. The Labute approximate surface area is 89.4 Å². The van der Waals surface area contributed by atoms with Crippen LogP contribution >= 0.6 is 11.3 Å². The molecule has 0 unspecified atom stereocenters. The van der Waals surface area contributed by atoms with Gasteiger partial charge >= 0.3 is 0 Å². The van der Waals surface area contributed by atoms with Crippen LogP contribution in [0.25, 0.3) is 0 Å². The zero-order valence-corrected chi connectivity index (χ0v) is 10.1. The summed E-state index contributed by atoms with van der Waals surface area (Å²) in [5.41, 5.74) is 0.889. The Hall–Kier alpha value is -0.450. The van der Waals surface area contributed by atoms with Gasteiger partial charge in [0.1, 0.15) is 5.01 Å². The van der Waals surface area contributed by atoms with Crippen molar-refractivity contribution in [2.24, 2.45) is 0 Å². The fraction of sp³-hybridized carbons (Fsp3) is 0.700. The first-order valence-corrected chi connectivity index (χ1v) is 5.57. The lowest BCUT2D eigenvalue weighted by molar-refractivity contribution is 0.0733. The number of hydrogen-bond donors (Lipinski definition) is 1. The smallest absolute Gasteiger partial charge is 0.107 e. The molecular weight excluding hydrogens is 196 g/mol. The van der Waals surface area contributed by atoms with Crippen molar-refractivity contribution in [3.05, 3.63) is 16.1 Å². The Morgan fingerprint density at radius 1 is 1.57 bits per heavy atom. The Morgan fingerprint density at radius 3 is 2.64 bits per heavy atom. The lowest BCUT2D eigenvalue weighted by Crippen LogP contribution is -2.43. The SMILES string of the molecule is Cc1csc(CN(C)C(C)(C)CO)n1. The molecule has 1 heterocycles. The molecule has 0 aliphatic heterocycles. The van der Waals surface area contributed by atoms with Crippen molar-refractivity contribution in [3.63, 3.8) is 0 Å². The molecule has 0 amide bonds. The summed E-state index contributed by atoms with van der Waals surface area (Å²) < 4.78 is 0. The Balaban J connectivity index is 2.61. The average molecular weight is 214 g/mol. The van der Waals surface area contributed by atoms with E-state index in [0.29, 0.717) is 0 Å². The second-order valence-electron chi connectivity index (χ2n) is 4.21. The van der Waals surface area contributed by atoms with Crippen molar-refractivity contribution in [2.45, 2.75) is 32.9 Å². The van der Waals surface area contributed by atoms with Crippen molar-refractivity contribution in [2.75, 3.05) is 13.7 Å². The molecule has 1 aromatic rings. The first-order chi connectivity index (χ1) is 6.45. The lowest BCUT2D eigenvalue weighted by atomic mass is 10.1. The summed E-state index contributed by atoms with van der Waals surface area (Å²) >= 11 is 1.67. The van der Waals surface area contributed by atoms with Gasteiger partial charge in [-0.15, -0.1) is 11.3 Å². The van der Waals surface area contributed by atoms with E-state index in [2.05, 4.69) is 15.3 Å². The topological polar surface area (TPSA) is 36.4 Å². The molecule has 0 fully saturated rings. The van der Waals surface area contributed by atoms with Crippen LogP contribution in [0.3, 0.4) is 0 Å². The minimum atomic E-state index is -0.181. The van der Waals surface area contributed by atoms with E-state index < -0.39 is 0 Å². The summed E-state index contributed by atoms with van der Waals surface area (Å²) in [6.45, 7) is 7.00. The molecule has 14 heavy (non-hydrogen) atoms. The zero-order valence-electron chi connectivity index (χ0n) is 9.24. The summed E-state index contributed by atoms with van der Waals surface area (Å²) in [5, 5.41) is 12.3. The van der Waals surface area contributed by atoms with Gasteiger partial charge in [0.15, 0.2) is 0 Å². The van der Waals surface area contributed by atoms with Crippen molar-refractivity contribution in [1.82, 2.24) is 9.88 Å². The fourth-order valence-electron chi connectivity index (χ4n) is 1.01. The average Bonchev–Trinajstić information content (AvgIpc) is 2.51. The maximum Gasteiger partial charge on any atom is 0.107 e. The molecule has 1 rings (SSSR count). The van der Waals surface area contributed by atoms with Crippen LogP contribution in [-0.4, -0.2) is 34.2 Å². The number of rotatable bonds is 4. The van der Waals surface area contributed by atoms with Gasteiger partial charge in [-0.05, 0) is 27.8 Å². The van der Waals surface area contributed by atoms with Crippen LogP contribution in [-0.2, 0) is 6.54 Å². The summed E-state index contributed by atoms with van der Waals surface area (Å²) in [4.78, 5) is 6.51. The molecule has 0 spiro atoms. The number of aromatic nitrogens is 1. The molecule has 0 aliphatic carbocycles. The lowest BCUT2D eigenvalue weighted by Gasteiger charge is -2.33. The maximum absolute atomic E-state index is 9.19. The summed E-state index contributed by atoms with van der Waals surface area (Å²) in [7, 11) is 2.01. The van der Waals surface area contributed by atoms with Gasteiger partial charge in [0.05, 0.1) is 13.2 Å². The molecule has 0 saturated carbocycles. The molecule has 0 aromatic carbocycles. The van der Waals surface area contributed by atoms with Crippen molar-refractivity contribution >= 4 is 11.3 Å². The molecule has 0 aliphatic rings. The van der Waals surface area contributed by atoms with Crippen LogP contribution in [0.2, 0.25) is 0 Å². The number of hydrogen-bond acceptors (Lipinski definition) is 4. The first kappa shape index (κ1) is 11.6. The van der Waals surface area contributed by atoms with Crippen molar-refractivity contribution in [1.29, 1.82) is 0 Å². The molecule has 0 saturated heterocycles. The highest BCUT2D eigenvalue weighted by Gasteiger charge is 2.22. The van der Waals surface area contributed by atoms with Gasteiger partial charge in [-0.25, -0.2) is 4.98 Å². The van der Waals surface area contributed by atoms with E-state index in [1.165, 1.54) is 0 Å². The number of thiazole rings is 1. The molecule has 1 N–H and O–H groups in total. The molecule has 4 heteroatoms. The Bertz CT molecular complexity index is 296. The Kier molecular flexibility index (Phi) is 3.64. The van der Waals surface area contributed by atoms with Gasteiger partial charge in [-0.1, -0.05) is 0 Å². The van der Waals surface area contributed by atoms with E-state index in [1.807, 2.05) is 27.8 Å². The minimum absolute atomic E-state index is 0.161. The standard InChI is InChI=1S/C10H18N2OS/c1-8-6-14-9(11-8)5-12(4)10(2,3)7-13/h6,13H,5,7H2,1-4H3. The van der Waals surface area contributed by atoms with Crippen LogP contribution in [0, 0.1) is 6.92 Å². The van der Waals surface area contributed by atoms with E-state index >= 15 is 0 Å². The molecule has 0 radical (unpaired) electrons. The van der Waals surface area contributed by atoms with Crippen LogP contribution < -0.4 is 0 Å². The van der Waals surface area contributed by atoms with Gasteiger partial charge in [0.25, 0.3) is 0 Å². The van der Waals surface area contributed by atoms with Crippen molar-refractivity contribution in [3.8, 4) is 0 Å². The molecule has 0 atom stereocenters. The normalized spacial score (nSPS) is 12.4. The third-order valence-electron chi connectivity index (χ3n) is 2.46. The number of nitrogens with zero attached hydrogens (tertiary/aromatic N) is 2. The third kappa shape index (κ3) is 2.77. The molecular formula is C10H18N2OS. The summed E-state index contributed by atoms with van der Waals surface area (Å²) in [6.07, 6.45) is 0. The highest BCUT2D eigenvalue weighted by Crippen LogP contribution is 2.17. The second-order valence-corrected chi connectivity index (χ2v) is 5.15. The van der Waals surface area contributed by atoms with Crippen LogP contribution in [0.5, 0.6) is 0 Å². The van der Waals surface area contributed by atoms with Crippen LogP contribution in [0.15, 0.2) is 5.38 Å². The minimum Gasteiger partial charge on any atom is -0.394 e. The van der Waals surface area contributed by atoms with Gasteiger partial charge in [0.2, 0.25) is 0 Å². The van der Waals surface area contributed by atoms with E-state index in [0.717, 1.165) is 17.2 Å². The molecule has 1 aromatic heterocycles. The predicted molar refractivity (Wildman–Crippen MR) is 59.5 cm³/mol. The van der Waals surface area contributed by atoms with Gasteiger partial charge < -0.3 is 5.11 Å². The first-order valence-electron chi connectivity index (χ1n) is 4.69. The Morgan fingerprint density at radius 2 is 2.21 bits per heavy atom. The van der Waals surface area contributed by atoms with E-state index in [1.54, 1.807) is 11.3 Å². The van der Waals surface area contributed by atoms with Crippen molar-refractivity contribution < 1.29 is 5.11 Å². The summed E-state index contributed by atoms with van der Waals surface area (Å²) in [6, 6.07) is 0. The van der Waals surface area contributed by atoms with Gasteiger partial charge in [0, 0.05) is 16.6 Å². The maximum atomic E-state index is 9.19. The molecule has 0 bridgehead atoms. The number of aliphatic hydroxyl groups excluding tert-OH is 1. The number of likely N-dealkylation sites (N-methyl/N-ethyl adjacent to an activating group) is 1. The second kappa shape index (κ2) is 4.38. The van der Waals surface area contributed by atoms with Crippen LogP contribution in [0.4, 0.5) is 0 Å². The fourth-order valence-corrected chi connectivity index (χ4v) is 1.84. The monoisotopic (exact) mass is 214 g/mol. The quantitative estimate of drug-likeness (QED) is 0.828. The number of aryl methyl sites for hydroxylation is 1. The zero-order chi connectivity index (χ0) is 10.8. The summed E-state index contributed by atoms with van der Waals surface area (Å²) in [5.74, 6) is 0. The van der Waals surface area contributed by atoms with E-state index in [4.69, 9.17) is 0 Å².